The highest BCUT2D eigenvalue weighted by atomic mass is 16.5. The van der Waals surface area contributed by atoms with E-state index in [1.54, 1.807) is 24.5 Å². The van der Waals surface area contributed by atoms with E-state index in [4.69, 9.17) is 4.74 Å². The fourth-order valence-corrected chi connectivity index (χ4v) is 4.71. The fraction of sp³-hybridized carbons (Fsp3) is 0.650. The molecule has 0 spiro atoms. The van der Waals surface area contributed by atoms with Gasteiger partial charge in [0, 0.05) is 50.1 Å². The molecule has 1 aromatic rings. The highest BCUT2D eigenvalue weighted by Gasteiger charge is 2.44. The third-order valence-electron chi connectivity index (χ3n) is 6.23. The molecule has 3 aliphatic rings. The van der Waals surface area contributed by atoms with Crippen molar-refractivity contribution in [3.8, 4) is 0 Å². The maximum absolute atomic E-state index is 13.1. The minimum Gasteiger partial charge on any atom is -0.396 e. The molecule has 0 aromatic carbocycles. The topological polar surface area (TPSA) is 83.0 Å². The van der Waals surface area contributed by atoms with Crippen molar-refractivity contribution < 1.29 is 19.4 Å². The lowest BCUT2D eigenvalue weighted by molar-refractivity contribution is -0.149. The number of hydrogen-bond acceptors (Lipinski definition) is 5. The van der Waals surface area contributed by atoms with Crippen molar-refractivity contribution in [2.75, 3.05) is 32.8 Å². The highest BCUT2D eigenvalue weighted by molar-refractivity contribution is 5.94. The molecule has 27 heavy (non-hydrogen) atoms. The van der Waals surface area contributed by atoms with Crippen LogP contribution in [-0.2, 0) is 9.53 Å². The number of fused-ring (bicyclic) bond motifs is 1. The Balaban J connectivity index is 1.35. The zero-order chi connectivity index (χ0) is 18.8. The van der Waals surface area contributed by atoms with E-state index in [0.29, 0.717) is 44.6 Å². The number of aromatic nitrogens is 1. The molecule has 1 aliphatic carbocycles. The summed E-state index contributed by atoms with van der Waals surface area (Å²) in [4.78, 5) is 33.5. The van der Waals surface area contributed by atoms with E-state index in [0.717, 1.165) is 12.8 Å². The van der Waals surface area contributed by atoms with Gasteiger partial charge >= 0.3 is 0 Å². The Morgan fingerprint density at radius 1 is 1.15 bits per heavy atom. The SMILES string of the molecule is O=C(c1ccncc1)N1CCC(C(=O)N2CCO[C@H]3C[C@H](CO)C[C@@H]32)CC1. The van der Waals surface area contributed by atoms with Gasteiger partial charge in [0.15, 0.2) is 0 Å². The van der Waals surface area contributed by atoms with E-state index in [1.807, 2.05) is 9.80 Å². The number of aliphatic hydroxyl groups is 1. The standard InChI is InChI=1S/C20H27N3O4/c24-13-14-11-17-18(12-14)27-10-9-23(17)20(26)16-3-7-22(8-4-16)19(25)15-1-5-21-6-2-15/h1-2,5-6,14,16-18,24H,3-4,7-13H2/t14-,17+,18+/m1/s1. The molecule has 3 heterocycles. The molecular weight excluding hydrogens is 346 g/mol. The Morgan fingerprint density at radius 2 is 1.89 bits per heavy atom. The molecular formula is C20H27N3O4. The first-order chi connectivity index (χ1) is 13.2. The number of carbonyl (C=O) groups excluding carboxylic acids is 2. The van der Waals surface area contributed by atoms with Crippen LogP contribution in [0.25, 0.3) is 0 Å². The van der Waals surface area contributed by atoms with Crippen molar-refractivity contribution in [3.05, 3.63) is 30.1 Å². The Hall–Kier alpha value is -1.99. The molecule has 3 fully saturated rings. The number of morpholine rings is 1. The van der Waals surface area contributed by atoms with Gasteiger partial charge in [0.25, 0.3) is 5.91 Å². The summed E-state index contributed by atoms with van der Waals surface area (Å²) >= 11 is 0. The molecule has 0 bridgehead atoms. The summed E-state index contributed by atoms with van der Waals surface area (Å²) < 4.78 is 5.84. The van der Waals surface area contributed by atoms with Crippen LogP contribution < -0.4 is 0 Å². The number of amides is 2. The lowest BCUT2D eigenvalue weighted by Crippen LogP contribution is -2.54. The minimum atomic E-state index is -0.0292. The first-order valence-electron chi connectivity index (χ1n) is 9.89. The summed E-state index contributed by atoms with van der Waals surface area (Å²) in [7, 11) is 0. The van der Waals surface area contributed by atoms with Gasteiger partial charge in [-0.25, -0.2) is 0 Å². The second kappa shape index (κ2) is 7.94. The summed E-state index contributed by atoms with van der Waals surface area (Å²) in [5, 5.41) is 9.46. The Bertz CT molecular complexity index is 675. The maximum atomic E-state index is 13.1. The van der Waals surface area contributed by atoms with E-state index in [1.165, 1.54) is 0 Å². The van der Waals surface area contributed by atoms with E-state index < -0.39 is 0 Å². The Labute approximate surface area is 159 Å². The number of aliphatic hydroxyl groups excluding tert-OH is 1. The zero-order valence-corrected chi connectivity index (χ0v) is 15.5. The lowest BCUT2D eigenvalue weighted by Gasteiger charge is -2.41. The van der Waals surface area contributed by atoms with Crippen LogP contribution in [0.4, 0.5) is 0 Å². The molecule has 1 saturated carbocycles. The van der Waals surface area contributed by atoms with Gasteiger partial charge in [-0.05, 0) is 43.7 Å². The quantitative estimate of drug-likeness (QED) is 0.852. The predicted molar refractivity (Wildman–Crippen MR) is 97.9 cm³/mol. The molecule has 1 N–H and O–H groups in total. The number of rotatable bonds is 3. The van der Waals surface area contributed by atoms with Crippen molar-refractivity contribution >= 4 is 11.8 Å². The second-order valence-corrected chi connectivity index (χ2v) is 7.83. The van der Waals surface area contributed by atoms with Gasteiger partial charge in [0.2, 0.25) is 5.91 Å². The highest BCUT2D eigenvalue weighted by Crippen LogP contribution is 2.35. The van der Waals surface area contributed by atoms with Crippen LogP contribution in [0.2, 0.25) is 0 Å². The van der Waals surface area contributed by atoms with E-state index >= 15 is 0 Å². The number of ether oxygens (including phenoxy) is 1. The first kappa shape index (κ1) is 18.4. The zero-order valence-electron chi connectivity index (χ0n) is 15.5. The molecule has 0 radical (unpaired) electrons. The van der Waals surface area contributed by atoms with Gasteiger partial charge in [0.05, 0.1) is 18.8 Å². The van der Waals surface area contributed by atoms with Gasteiger partial charge < -0.3 is 19.6 Å². The lowest BCUT2D eigenvalue weighted by atomic mass is 9.93. The Kier molecular flexibility index (Phi) is 5.41. The van der Waals surface area contributed by atoms with Gasteiger partial charge in [-0.1, -0.05) is 0 Å². The second-order valence-electron chi connectivity index (χ2n) is 7.83. The van der Waals surface area contributed by atoms with E-state index in [2.05, 4.69) is 4.98 Å². The molecule has 0 unspecified atom stereocenters. The van der Waals surface area contributed by atoms with Crippen LogP contribution in [0.3, 0.4) is 0 Å². The van der Waals surface area contributed by atoms with Crippen molar-refractivity contribution in [2.24, 2.45) is 11.8 Å². The molecule has 3 atom stereocenters. The number of likely N-dealkylation sites (tertiary alicyclic amines) is 1. The average Bonchev–Trinajstić information content (AvgIpc) is 3.17. The van der Waals surface area contributed by atoms with Gasteiger partial charge in [-0.3, -0.25) is 14.6 Å². The fourth-order valence-electron chi connectivity index (χ4n) is 4.71. The van der Waals surface area contributed by atoms with Crippen molar-refractivity contribution in [2.45, 2.75) is 37.8 Å². The molecule has 146 valence electrons. The number of carbonyl (C=O) groups is 2. The van der Waals surface area contributed by atoms with E-state index in [9.17, 15) is 14.7 Å². The van der Waals surface area contributed by atoms with Gasteiger partial charge in [0.1, 0.15) is 0 Å². The monoisotopic (exact) mass is 373 g/mol. The minimum absolute atomic E-state index is 0.0105. The van der Waals surface area contributed by atoms with Crippen molar-refractivity contribution in [1.29, 1.82) is 0 Å². The molecule has 1 aromatic heterocycles. The molecule has 2 saturated heterocycles. The van der Waals surface area contributed by atoms with Crippen LogP contribution in [0.1, 0.15) is 36.0 Å². The largest absolute Gasteiger partial charge is 0.396 e. The summed E-state index contributed by atoms with van der Waals surface area (Å²) in [6.45, 7) is 2.58. The third-order valence-corrected chi connectivity index (χ3v) is 6.23. The molecule has 7 heteroatoms. The maximum Gasteiger partial charge on any atom is 0.253 e. The van der Waals surface area contributed by atoms with Gasteiger partial charge in [-0.15, -0.1) is 0 Å². The van der Waals surface area contributed by atoms with Crippen LogP contribution in [-0.4, -0.2) is 76.7 Å². The summed E-state index contributed by atoms with van der Waals surface area (Å²) in [5.74, 6) is 0.408. The van der Waals surface area contributed by atoms with Crippen LogP contribution in [0, 0.1) is 11.8 Å². The molecule has 7 nitrogen and oxygen atoms in total. The number of piperidine rings is 1. The summed E-state index contributed by atoms with van der Waals surface area (Å²) in [6, 6.07) is 3.55. The number of nitrogens with zero attached hydrogens (tertiary/aromatic N) is 3. The summed E-state index contributed by atoms with van der Waals surface area (Å²) in [5.41, 5.74) is 0.645. The average molecular weight is 373 g/mol. The molecule has 4 rings (SSSR count). The van der Waals surface area contributed by atoms with Crippen molar-refractivity contribution in [1.82, 2.24) is 14.8 Å². The molecule has 2 amide bonds. The van der Waals surface area contributed by atoms with Crippen LogP contribution in [0.15, 0.2) is 24.5 Å². The third kappa shape index (κ3) is 3.71. The van der Waals surface area contributed by atoms with Crippen LogP contribution in [0.5, 0.6) is 0 Å². The number of pyridine rings is 1. The molecule has 2 aliphatic heterocycles. The first-order valence-corrected chi connectivity index (χ1v) is 9.89. The van der Waals surface area contributed by atoms with Gasteiger partial charge in [-0.2, -0.15) is 0 Å². The van der Waals surface area contributed by atoms with Crippen LogP contribution >= 0.6 is 0 Å². The predicted octanol–water partition coefficient (Wildman–Crippen LogP) is 0.932. The smallest absolute Gasteiger partial charge is 0.253 e. The van der Waals surface area contributed by atoms with Crippen molar-refractivity contribution in [3.63, 3.8) is 0 Å². The number of hydrogen-bond donors (Lipinski definition) is 1. The summed E-state index contributed by atoms with van der Waals surface area (Å²) in [6.07, 6.45) is 6.38. The Morgan fingerprint density at radius 3 is 2.59 bits per heavy atom. The van der Waals surface area contributed by atoms with E-state index in [-0.39, 0.29) is 42.4 Å². The normalized spacial score (nSPS) is 28.9.